The van der Waals surface area contributed by atoms with E-state index in [0.717, 1.165) is 47.7 Å². The van der Waals surface area contributed by atoms with Gasteiger partial charge in [0.15, 0.2) is 0 Å². The van der Waals surface area contributed by atoms with Crippen molar-refractivity contribution in [3.8, 4) is 0 Å². The number of aliphatic imine (C=N–C) groups is 1. The summed E-state index contributed by atoms with van der Waals surface area (Å²) in [7, 11) is 0. The molecule has 2 amide bonds. The van der Waals surface area contributed by atoms with Crippen molar-refractivity contribution in [3.63, 3.8) is 0 Å². The zero-order valence-electron chi connectivity index (χ0n) is 16.5. The lowest BCUT2D eigenvalue weighted by molar-refractivity contribution is -0.116. The second-order valence-corrected chi connectivity index (χ2v) is 7.68. The number of fused-ring (bicyclic) bond motifs is 1. The summed E-state index contributed by atoms with van der Waals surface area (Å²) in [6.07, 6.45) is 4.24. The van der Waals surface area contributed by atoms with Gasteiger partial charge in [-0.15, -0.1) is 0 Å². The predicted octanol–water partition coefficient (Wildman–Crippen LogP) is 2.95. The number of nitrogens with two attached hydrogens (primary N) is 1. The molecule has 2 aromatic rings. The molecule has 2 aromatic carbocycles. The molecule has 4 rings (SSSR count). The molecule has 1 saturated heterocycles. The molecule has 6 heteroatoms. The Bertz CT molecular complexity index is 961. The Labute approximate surface area is 170 Å². The molecule has 0 spiro atoms. The van der Waals surface area contributed by atoms with Gasteiger partial charge >= 0.3 is 0 Å². The average Bonchev–Trinajstić information content (AvgIpc) is 3.16. The minimum Gasteiger partial charge on any atom is -0.366 e. The largest absolute Gasteiger partial charge is 0.366 e. The average molecular weight is 390 g/mol. The van der Waals surface area contributed by atoms with Gasteiger partial charge in [-0.05, 0) is 55.8 Å². The summed E-state index contributed by atoms with van der Waals surface area (Å²) in [5.74, 6) is -0.425. The molecule has 150 valence electrons. The topological polar surface area (TPSA) is 87.8 Å². The van der Waals surface area contributed by atoms with Crippen LogP contribution in [0.25, 0.3) is 0 Å². The van der Waals surface area contributed by atoms with E-state index in [9.17, 15) is 9.59 Å². The van der Waals surface area contributed by atoms with E-state index in [2.05, 4.69) is 15.2 Å². The molecule has 1 fully saturated rings. The van der Waals surface area contributed by atoms with Crippen molar-refractivity contribution in [3.05, 3.63) is 64.7 Å². The minimum absolute atomic E-state index is 0.0255. The number of hydrogen-bond donors (Lipinski definition) is 2. The minimum atomic E-state index is -0.450. The monoisotopic (exact) mass is 390 g/mol. The first-order chi connectivity index (χ1) is 14.1. The maximum Gasteiger partial charge on any atom is 0.248 e. The van der Waals surface area contributed by atoms with Gasteiger partial charge in [0.25, 0.3) is 0 Å². The van der Waals surface area contributed by atoms with Crippen LogP contribution in [0.1, 0.15) is 52.7 Å². The summed E-state index contributed by atoms with van der Waals surface area (Å²) in [6.45, 7) is 3.57. The number of rotatable bonds is 6. The van der Waals surface area contributed by atoms with E-state index in [1.165, 1.54) is 19.3 Å². The molecule has 3 N–H and O–H groups in total. The molecule has 6 nitrogen and oxygen atoms in total. The van der Waals surface area contributed by atoms with Crippen molar-refractivity contribution in [1.82, 2.24) is 4.90 Å². The Morgan fingerprint density at radius 1 is 1.07 bits per heavy atom. The maximum atomic E-state index is 12.4. The van der Waals surface area contributed by atoms with E-state index in [0.29, 0.717) is 18.5 Å². The Morgan fingerprint density at radius 2 is 1.90 bits per heavy atom. The van der Waals surface area contributed by atoms with Crippen LogP contribution in [0.4, 0.5) is 5.69 Å². The summed E-state index contributed by atoms with van der Waals surface area (Å²) in [6, 6.07) is 13.1. The van der Waals surface area contributed by atoms with Gasteiger partial charge in [-0.25, -0.2) is 0 Å². The molecule has 29 heavy (non-hydrogen) atoms. The van der Waals surface area contributed by atoms with Crippen molar-refractivity contribution >= 4 is 23.2 Å². The number of hydrogen-bond acceptors (Lipinski definition) is 4. The molecular formula is C23H26N4O2. The normalized spacial score (nSPS) is 16.2. The summed E-state index contributed by atoms with van der Waals surface area (Å²) < 4.78 is 0. The SMILES string of the molecule is NC(=O)c1ccc2c(c1)C(c1cccc(NC(=O)CCN3CCCCC3)c1)=NC2. The van der Waals surface area contributed by atoms with Gasteiger partial charge < -0.3 is 16.0 Å². The first kappa shape index (κ1) is 19.3. The molecule has 0 bridgehead atoms. The fourth-order valence-electron chi connectivity index (χ4n) is 3.99. The highest BCUT2D eigenvalue weighted by atomic mass is 16.2. The van der Waals surface area contributed by atoms with Gasteiger partial charge in [-0.3, -0.25) is 14.6 Å². The number of amides is 2. The van der Waals surface area contributed by atoms with E-state index in [1.54, 1.807) is 12.1 Å². The smallest absolute Gasteiger partial charge is 0.248 e. The zero-order valence-corrected chi connectivity index (χ0v) is 16.5. The third-order valence-electron chi connectivity index (χ3n) is 5.58. The first-order valence-corrected chi connectivity index (χ1v) is 10.2. The predicted molar refractivity (Wildman–Crippen MR) is 114 cm³/mol. The highest BCUT2D eigenvalue weighted by Gasteiger charge is 2.19. The molecule has 0 radical (unpaired) electrons. The Hall–Kier alpha value is -2.99. The van der Waals surface area contributed by atoms with Gasteiger partial charge in [0.05, 0.1) is 12.3 Å². The maximum absolute atomic E-state index is 12.4. The quantitative estimate of drug-likeness (QED) is 0.795. The van der Waals surface area contributed by atoms with Crippen LogP contribution in [0.2, 0.25) is 0 Å². The van der Waals surface area contributed by atoms with Crippen LogP contribution in [-0.2, 0) is 11.3 Å². The molecule has 0 unspecified atom stereocenters. The number of nitrogens with zero attached hydrogens (tertiary/aromatic N) is 2. The van der Waals surface area contributed by atoms with Gasteiger partial charge in [-0.2, -0.15) is 0 Å². The standard InChI is InChI=1S/C23H26N4O2/c24-23(29)17-7-8-18-15-25-22(20(18)14-17)16-5-4-6-19(13-16)26-21(28)9-12-27-10-2-1-3-11-27/h4-8,13-14H,1-3,9-12,15H2,(H2,24,29)(H,26,28). The van der Waals surface area contributed by atoms with Crippen molar-refractivity contribution in [1.29, 1.82) is 0 Å². The molecule has 0 atom stereocenters. The van der Waals surface area contributed by atoms with Crippen molar-refractivity contribution in [2.75, 3.05) is 25.0 Å². The number of primary amides is 1. The van der Waals surface area contributed by atoms with Crippen LogP contribution in [0.15, 0.2) is 47.5 Å². The van der Waals surface area contributed by atoms with E-state index in [1.807, 2.05) is 30.3 Å². The van der Waals surface area contributed by atoms with E-state index >= 15 is 0 Å². The second-order valence-electron chi connectivity index (χ2n) is 7.68. The molecule has 2 aliphatic rings. The van der Waals surface area contributed by atoms with Crippen molar-refractivity contribution in [2.45, 2.75) is 32.2 Å². The van der Waals surface area contributed by atoms with Crippen LogP contribution in [-0.4, -0.2) is 42.1 Å². The number of piperidine rings is 1. The fourth-order valence-corrected chi connectivity index (χ4v) is 3.99. The van der Waals surface area contributed by atoms with Gasteiger partial charge in [0.1, 0.15) is 0 Å². The first-order valence-electron chi connectivity index (χ1n) is 10.2. The summed E-state index contributed by atoms with van der Waals surface area (Å²) in [5, 5.41) is 3.00. The third kappa shape index (κ3) is 4.54. The number of carbonyl (C=O) groups excluding carboxylic acids is 2. The van der Waals surface area contributed by atoms with E-state index < -0.39 is 5.91 Å². The second kappa shape index (κ2) is 8.57. The number of nitrogens with one attached hydrogen (secondary N) is 1. The Kier molecular flexibility index (Phi) is 5.71. The lowest BCUT2D eigenvalue weighted by Crippen LogP contribution is -2.32. The van der Waals surface area contributed by atoms with Gasteiger partial charge in [0, 0.05) is 35.3 Å². The molecule has 0 aliphatic carbocycles. The van der Waals surface area contributed by atoms with Crippen LogP contribution in [0, 0.1) is 0 Å². The van der Waals surface area contributed by atoms with Crippen molar-refractivity contribution in [2.24, 2.45) is 10.7 Å². The molecule has 2 aliphatic heterocycles. The number of likely N-dealkylation sites (tertiary alicyclic amines) is 1. The fraction of sp³-hybridized carbons (Fsp3) is 0.348. The highest BCUT2D eigenvalue weighted by molar-refractivity contribution is 6.16. The van der Waals surface area contributed by atoms with Gasteiger partial charge in [0.2, 0.25) is 11.8 Å². The molecule has 0 aromatic heterocycles. The summed E-state index contributed by atoms with van der Waals surface area (Å²) in [4.78, 5) is 30.9. The lowest BCUT2D eigenvalue weighted by atomic mass is 9.97. The van der Waals surface area contributed by atoms with Crippen molar-refractivity contribution < 1.29 is 9.59 Å². The van der Waals surface area contributed by atoms with Crippen LogP contribution in [0.3, 0.4) is 0 Å². The number of anilines is 1. The van der Waals surface area contributed by atoms with Crippen LogP contribution < -0.4 is 11.1 Å². The molecular weight excluding hydrogens is 364 g/mol. The summed E-state index contributed by atoms with van der Waals surface area (Å²) in [5.41, 5.74) is 10.4. The Balaban J connectivity index is 1.44. The van der Waals surface area contributed by atoms with Crippen LogP contribution >= 0.6 is 0 Å². The Morgan fingerprint density at radius 3 is 2.69 bits per heavy atom. The highest BCUT2D eigenvalue weighted by Crippen LogP contribution is 2.25. The number of carbonyl (C=O) groups is 2. The third-order valence-corrected chi connectivity index (χ3v) is 5.58. The summed E-state index contributed by atoms with van der Waals surface area (Å²) >= 11 is 0. The molecule has 0 saturated carbocycles. The zero-order chi connectivity index (χ0) is 20.2. The number of benzene rings is 2. The van der Waals surface area contributed by atoms with Crippen LogP contribution in [0.5, 0.6) is 0 Å². The molecule has 2 heterocycles. The van der Waals surface area contributed by atoms with Gasteiger partial charge in [-0.1, -0.05) is 24.6 Å². The van der Waals surface area contributed by atoms with E-state index in [4.69, 9.17) is 5.73 Å². The lowest BCUT2D eigenvalue weighted by Gasteiger charge is -2.25. The van der Waals surface area contributed by atoms with E-state index in [-0.39, 0.29) is 5.91 Å².